The largest absolute Gasteiger partial charge is 0.478 e. The minimum Gasteiger partial charge on any atom is -0.478 e. The molecule has 0 aliphatic carbocycles. The van der Waals surface area contributed by atoms with E-state index in [0.29, 0.717) is 32.5 Å². The highest BCUT2D eigenvalue weighted by molar-refractivity contribution is 6.44. The number of rotatable bonds is 2. The van der Waals surface area contributed by atoms with E-state index in [1.165, 1.54) is 6.07 Å². The second-order valence-corrected chi connectivity index (χ2v) is 4.98. The predicted octanol–water partition coefficient (Wildman–Crippen LogP) is 4.23. The molecule has 3 rings (SSSR count). The first-order valence-corrected chi connectivity index (χ1v) is 6.50. The first-order chi connectivity index (χ1) is 9.58. The number of nitrogens with zero attached hydrogens (tertiary/aromatic N) is 1. The summed E-state index contributed by atoms with van der Waals surface area (Å²) in [5.41, 5.74) is 1.90. The molecule has 0 unspecified atom stereocenters. The van der Waals surface area contributed by atoms with E-state index in [0.717, 1.165) is 0 Å². The van der Waals surface area contributed by atoms with Gasteiger partial charge >= 0.3 is 5.97 Å². The van der Waals surface area contributed by atoms with E-state index in [9.17, 15) is 9.90 Å². The number of benzene rings is 2. The number of carboxylic acid groups (broad SMARTS) is 1. The molecule has 2 N–H and O–H groups in total. The Kier molecular flexibility index (Phi) is 3.12. The second-order valence-electron chi connectivity index (χ2n) is 4.19. The van der Waals surface area contributed by atoms with Crippen LogP contribution in [0.2, 0.25) is 10.0 Å². The van der Waals surface area contributed by atoms with Gasteiger partial charge in [0.05, 0.1) is 21.1 Å². The van der Waals surface area contributed by atoms with Gasteiger partial charge in [-0.25, -0.2) is 9.78 Å². The van der Waals surface area contributed by atoms with Crippen LogP contribution in [0.3, 0.4) is 0 Å². The number of carboxylic acids is 1. The Bertz CT molecular complexity index is 827. The lowest BCUT2D eigenvalue weighted by molar-refractivity contribution is 0.0697. The van der Waals surface area contributed by atoms with Crippen LogP contribution in [-0.4, -0.2) is 21.0 Å². The van der Waals surface area contributed by atoms with Crippen molar-refractivity contribution in [3.63, 3.8) is 0 Å². The number of aromatic amines is 1. The molecule has 4 nitrogen and oxygen atoms in total. The summed E-state index contributed by atoms with van der Waals surface area (Å²) in [6.45, 7) is 0. The summed E-state index contributed by atoms with van der Waals surface area (Å²) in [6, 6.07) is 10.1. The fourth-order valence-electron chi connectivity index (χ4n) is 2.02. The number of halogens is 2. The van der Waals surface area contributed by atoms with Crippen molar-refractivity contribution in [2.75, 3.05) is 0 Å². The third-order valence-corrected chi connectivity index (χ3v) is 3.75. The van der Waals surface area contributed by atoms with Crippen molar-refractivity contribution >= 4 is 40.2 Å². The molecule has 0 aliphatic rings. The van der Waals surface area contributed by atoms with Crippen molar-refractivity contribution in [1.29, 1.82) is 0 Å². The van der Waals surface area contributed by atoms with E-state index in [2.05, 4.69) is 9.97 Å². The monoisotopic (exact) mass is 306 g/mol. The van der Waals surface area contributed by atoms with Crippen LogP contribution in [0, 0.1) is 0 Å². The number of nitrogens with one attached hydrogen (secondary N) is 1. The van der Waals surface area contributed by atoms with Crippen molar-refractivity contribution < 1.29 is 9.90 Å². The van der Waals surface area contributed by atoms with Crippen LogP contribution in [0.25, 0.3) is 22.4 Å². The minimum absolute atomic E-state index is 0.175. The van der Waals surface area contributed by atoms with Crippen LogP contribution < -0.4 is 0 Å². The minimum atomic E-state index is -1.01. The van der Waals surface area contributed by atoms with E-state index < -0.39 is 5.97 Å². The van der Waals surface area contributed by atoms with Gasteiger partial charge < -0.3 is 10.1 Å². The standard InChI is InChI=1S/C14H8Cl2N2O2/c15-9-5-6-10-12(11(9)16)18-13(17-10)7-3-1-2-4-8(7)14(19)20/h1-6H,(H,17,18)(H,19,20). The molecule has 1 aromatic heterocycles. The first-order valence-electron chi connectivity index (χ1n) is 5.74. The number of fused-ring (bicyclic) bond motifs is 1. The summed E-state index contributed by atoms with van der Waals surface area (Å²) in [5.74, 6) is -0.563. The maximum Gasteiger partial charge on any atom is 0.336 e. The van der Waals surface area contributed by atoms with Crippen molar-refractivity contribution in [2.45, 2.75) is 0 Å². The van der Waals surface area contributed by atoms with Gasteiger partial charge in [0.1, 0.15) is 11.3 Å². The van der Waals surface area contributed by atoms with Gasteiger partial charge in [-0.3, -0.25) is 0 Å². The summed E-state index contributed by atoms with van der Waals surface area (Å²) in [5, 5.41) is 9.96. The van der Waals surface area contributed by atoms with E-state index in [1.54, 1.807) is 30.3 Å². The van der Waals surface area contributed by atoms with Crippen LogP contribution in [0.5, 0.6) is 0 Å². The lowest BCUT2D eigenvalue weighted by Crippen LogP contribution is -1.99. The van der Waals surface area contributed by atoms with Gasteiger partial charge in [0, 0.05) is 5.56 Å². The molecule has 20 heavy (non-hydrogen) atoms. The normalized spacial score (nSPS) is 10.9. The van der Waals surface area contributed by atoms with Gasteiger partial charge in [0.15, 0.2) is 0 Å². The molecule has 0 amide bonds. The quantitative estimate of drug-likeness (QED) is 0.744. The van der Waals surface area contributed by atoms with Crippen molar-refractivity contribution in [2.24, 2.45) is 0 Å². The SMILES string of the molecule is O=C(O)c1ccccc1-c1nc2c(Cl)c(Cl)ccc2[nH]1. The van der Waals surface area contributed by atoms with E-state index >= 15 is 0 Å². The summed E-state index contributed by atoms with van der Waals surface area (Å²) < 4.78 is 0. The Hall–Kier alpha value is -2.04. The molecular formula is C14H8Cl2N2O2. The molecule has 0 saturated heterocycles. The molecule has 6 heteroatoms. The molecule has 0 spiro atoms. The molecule has 2 aromatic carbocycles. The topological polar surface area (TPSA) is 66.0 Å². The number of aromatic carboxylic acids is 1. The zero-order chi connectivity index (χ0) is 14.3. The van der Waals surface area contributed by atoms with E-state index in [1.807, 2.05) is 0 Å². The Morgan fingerprint density at radius 1 is 1.15 bits per heavy atom. The second kappa shape index (κ2) is 4.81. The lowest BCUT2D eigenvalue weighted by Gasteiger charge is -2.01. The van der Waals surface area contributed by atoms with E-state index in [-0.39, 0.29) is 5.56 Å². The Morgan fingerprint density at radius 3 is 2.65 bits per heavy atom. The van der Waals surface area contributed by atoms with Crippen molar-refractivity contribution in [1.82, 2.24) is 9.97 Å². The molecule has 0 radical (unpaired) electrons. The highest BCUT2D eigenvalue weighted by Crippen LogP contribution is 2.32. The summed E-state index contributed by atoms with van der Waals surface area (Å²) in [4.78, 5) is 18.7. The molecule has 0 aliphatic heterocycles. The van der Waals surface area contributed by atoms with Gasteiger partial charge in [-0.05, 0) is 18.2 Å². The molecule has 0 fully saturated rings. The third kappa shape index (κ3) is 2.03. The van der Waals surface area contributed by atoms with E-state index in [4.69, 9.17) is 23.2 Å². The van der Waals surface area contributed by atoms with Gasteiger partial charge in [0.2, 0.25) is 0 Å². The molecule has 0 bridgehead atoms. The number of aromatic nitrogens is 2. The lowest BCUT2D eigenvalue weighted by atomic mass is 10.1. The number of imidazole rings is 1. The van der Waals surface area contributed by atoms with Crippen molar-refractivity contribution in [3.8, 4) is 11.4 Å². The zero-order valence-electron chi connectivity index (χ0n) is 10.0. The smallest absolute Gasteiger partial charge is 0.336 e. The molecule has 3 aromatic rings. The van der Waals surface area contributed by atoms with Gasteiger partial charge in [-0.2, -0.15) is 0 Å². The fraction of sp³-hybridized carbons (Fsp3) is 0. The van der Waals surface area contributed by atoms with Crippen LogP contribution >= 0.6 is 23.2 Å². The predicted molar refractivity (Wildman–Crippen MR) is 78.5 cm³/mol. The number of hydrogen-bond acceptors (Lipinski definition) is 2. The van der Waals surface area contributed by atoms with Crippen LogP contribution in [0.15, 0.2) is 36.4 Å². The van der Waals surface area contributed by atoms with Crippen LogP contribution in [-0.2, 0) is 0 Å². The fourth-order valence-corrected chi connectivity index (χ4v) is 2.38. The molecule has 1 heterocycles. The number of hydrogen-bond donors (Lipinski definition) is 2. The van der Waals surface area contributed by atoms with Gasteiger partial charge in [-0.1, -0.05) is 41.4 Å². The Labute approximate surface area is 124 Å². The van der Waals surface area contributed by atoms with Gasteiger partial charge in [0.25, 0.3) is 0 Å². The maximum absolute atomic E-state index is 11.2. The summed E-state index contributed by atoms with van der Waals surface area (Å²) in [6.07, 6.45) is 0. The number of carbonyl (C=O) groups is 1. The maximum atomic E-state index is 11.2. The number of H-pyrrole nitrogens is 1. The molecule has 100 valence electrons. The first kappa shape index (κ1) is 13.0. The van der Waals surface area contributed by atoms with Crippen molar-refractivity contribution in [3.05, 3.63) is 52.0 Å². The van der Waals surface area contributed by atoms with Crippen LogP contribution in [0.1, 0.15) is 10.4 Å². The average molecular weight is 307 g/mol. The van der Waals surface area contributed by atoms with Crippen LogP contribution in [0.4, 0.5) is 0 Å². The zero-order valence-corrected chi connectivity index (χ0v) is 11.5. The molecule has 0 atom stereocenters. The Morgan fingerprint density at radius 2 is 1.90 bits per heavy atom. The Balaban J connectivity index is 2.26. The summed E-state index contributed by atoms with van der Waals surface area (Å²) >= 11 is 12.0. The summed E-state index contributed by atoms with van der Waals surface area (Å²) in [7, 11) is 0. The molecular weight excluding hydrogens is 299 g/mol. The molecule has 0 saturated carbocycles. The third-order valence-electron chi connectivity index (χ3n) is 2.96. The highest BCUT2D eigenvalue weighted by atomic mass is 35.5. The average Bonchev–Trinajstić information content (AvgIpc) is 2.88. The van der Waals surface area contributed by atoms with Gasteiger partial charge in [-0.15, -0.1) is 0 Å². The highest BCUT2D eigenvalue weighted by Gasteiger charge is 2.15.